The van der Waals surface area contributed by atoms with Crippen molar-refractivity contribution in [2.24, 2.45) is 23.2 Å². The zero-order valence-electron chi connectivity index (χ0n) is 22.9. The first kappa shape index (κ1) is 28.9. The summed E-state index contributed by atoms with van der Waals surface area (Å²) in [7, 11) is -2.33. The Bertz CT molecular complexity index is 1100. The van der Waals surface area contributed by atoms with Gasteiger partial charge in [0, 0.05) is 25.6 Å². The number of rotatable bonds is 11. The van der Waals surface area contributed by atoms with Crippen molar-refractivity contribution in [1.82, 2.24) is 9.62 Å². The number of ether oxygens (including phenoxy) is 3. The molecule has 2 bridgehead atoms. The zero-order valence-corrected chi connectivity index (χ0v) is 23.7. The van der Waals surface area contributed by atoms with E-state index < -0.39 is 16.3 Å². The first-order chi connectivity index (χ1) is 18.0. The van der Waals surface area contributed by atoms with E-state index in [1.54, 1.807) is 12.1 Å². The molecule has 1 aromatic carbocycles. The van der Waals surface area contributed by atoms with E-state index in [9.17, 15) is 18.3 Å². The van der Waals surface area contributed by atoms with Gasteiger partial charge in [0.05, 0.1) is 25.2 Å². The number of nitrogens with one attached hydrogen (secondary N) is 1. The van der Waals surface area contributed by atoms with Crippen LogP contribution in [0.5, 0.6) is 5.75 Å². The van der Waals surface area contributed by atoms with Gasteiger partial charge in [0.2, 0.25) is 16.3 Å². The molecule has 3 unspecified atom stereocenters. The second kappa shape index (κ2) is 11.9. The van der Waals surface area contributed by atoms with Gasteiger partial charge in [-0.15, -0.1) is 0 Å². The molecule has 4 rings (SSSR count). The number of aliphatic hydroxyl groups is 1. The van der Waals surface area contributed by atoms with E-state index in [0.717, 1.165) is 12.3 Å². The molecule has 1 aromatic rings. The van der Waals surface area contributed by atoms with E-state index in [1.807, 2.05) is 6.08 Å². The highest BCUT2D eigenvalue weighted by molar-refractivity contribution is 7.89. The Hall–Kier alpha value is -2.14. The monoisotopic (exact) mass is 550 g/mol. The van der Waals surface area contributed by atoms with Crippen LogP contribution in [-0.4, -0.2) is 69.5 Å². The number of aliphatic hydroxyl groups excluding tert-OH is 1. The summed E-state index contributed by atoms with van der Waals surface area (Å²) in [6.45, 7) is 6.05. The van der Waals surface area contributed by atoms with E-state index in [0.29, 0.717) is 18.1 Å². The number of methoxy groups -OCH3 is 1. The average molecular weight is 551 g/mol. The first-order valence-corrected chi connectivity index (χ1v) is 15.0. The van der Waals surface area contributed by atoms with Gasteiger partial charge in [-0.3, -0.25) is 4.79 Å². The van der Waals surface area contributed by atoms with Crippen molar-refractivity contribution >= 4 is 15.9 Å². The lowest BCUT2D eigenvalue weighted by atomic mass is 9.77. The van der Waals surface area contributed by atoms with Crippen LogP contribution in [0.3, 0.4) is 0 Å². The maximum atomic E-state index is 13.2. The summed E-state index contributed by atoms with van der Waals surface area (Å²) >= 11 is 0. The van der Waals surface area contributed by atoms with Gasteiger partial charge in [0.1, 0.15) is 5.75 Å². The lowest BCUT2D eigenvalue weighted by Gasteiger charge is -2.36. The SMILES string of the molecule is COc1ccc(S(=O)(=O)N(CCO)CCO[C@H]2C[C@@H](C(C)(C)C)C=C(C(=O)NC3CC4CCC3C4)O2)cc1. The highest BCUT2D eigenvalue weighted by atomic mass is 32.2. The number of hydrogen-bond acceptors (Lipinski definition) is 7. The Morgan fingerprint density at radius 3 is 2.45 bits per heavy atom. The second-order valence-corrected chi connectivity index (χ2v) is 13.7. The molecule has 0 spiro atoms. The lowest BCUT2D eigenvalue weighted by molar-refractivity contribution is -0.153. The highest BCUT2D eigenvalue weighted by Gasteiger charge is 2.41. The third kappa shape index (κ3) is 6.70. The topological polar surface area (TPSA) is 114 Å². The number of amides is 1. The van der Waals surface area contributed by atoms with E-state index in [2.05, 4.69) is 26.1 Å². The normalized spacial score (nSPS) is 27.2. The van der Waals surface area contributed by atoms with E-state index >= 15 is 0 Å². The van der Waals surface area contributed by atoms with Gasteiger partial charge in [-0.25, -0.2) is 8.42 Å². The van der Waals surface area contributed by atoms with Gasteiger partial charge in [0.25, 0.3) is 5.91 Å². The number of benzene rings is 1. The first-order valence-electron chi connectivity index (χ1n) is 13.6. The largest absolute Gasteiger partial charge is 0.497 e. The van der Waals surface area contributed by atoms with Crippen LogP contribution >= 0.6 is 0 Å². The van der Waals surface area contributed by atoms with Gasteiger partial charge in [-0.2, -0.15) is 4.31 Å². The molecule has 3 aliphatic rings. The number of carbonyl (C=O) groups is 1. The molecule has 2 aliphatic carbocycles. The van der Waals surface area contributed by atoms with Crippen molar-refractivity contribution in [2.45, 2.75) is 70.1 Å². The fourth-order valence-electron chi connectivity index (χ4n) is 5.83. The predicted molar refractivity (Wildman–Crippen MR) is 143 cm³/mol. The molecule has 0 aromatic heterocycles. The molecular formula is C28H42N2O7S. The Morgan fingerprint density at radius 1 is 1.13 bits per heavy atom. The van der Waals surface area contributed by atoms with Crippen LogP contribution in [0.15, 0.2) is 41.0 Å². The molecule has 1 amide bonds. The number of hydrogen-bond donors (Lipinski definition) is 2. The fraction of sp³-hybridized carbons (Fsp3) is 0.679. The van der Waals surface area contributed by atoms with Crippen molar-refractivity contribution < 1.29 is 32.5 Å². The number of allylic oxidation sites excluding steroid dienone is 1. The zero-order chi connectivity index (χ0) is 27.5. The van der Waals surface area contributed by atoms with Gasteiger partial charge in [-0.1, -0.05) is 27.2 Å². The van der Waals surface area contributed by atoms with Gasteiger partial charge in [-0.05, 0) is 72.8 Å². The third-order valence-corrected chi connectivity index (χ3v) is 10.1. The molecule has 1 aliphatic heterocycles. The van der Waals surface area contributed by atoms with Crippen LogP contribution in [0.1, 0.15) is 52.9 Å². The molecule has 2 N–H and O–H groups in total. The maximum absolute atomic E-state index is 13.2. The summed E-state index contributed by atoms with van der Waals surface area (Å²) in [6.07, 6.45) is 6.47. The molecule has 2 fully saturated rings. The Labute approximate surface area is 226 Å². The summed E-state index contributed by atoms with van der Waals surface area (Å²) in [5.74, 6) is 1.97. The van der Waals surface area contributed by atoms with Gasteiger partial charge < -0.3 is 24.6 Å². The van der Waals surface area contributed by atoms with Crippen LogP contribution in [0.25, 0.3) is 0 Å². The predicted octanol–water partition coefficient (Wildman–Crippen LogP) is 3.29. The minimum atomic E-state index is -3.85. The average Bonchev–Trinajstić information content (AvgIpc) is 3.51. The quantitative estimate of drug-likeness (QED) is 0.435. The molecule has 38 heavy (non-hydrogen) atoms. The number of fused-ring (bicyclic) bond motifs is 2. The second-order valence-electron chi connectivity index (χ2n) is 11.7. The molecule has 1 heterocycles. The standard InChI is InChI=1S/C28H42N2O7S/c1-28(2,3)21-17-25(27(32)29-24-16-19-5-6-20(24)15-19)37-26(18-21)36-14-12-30(11-13-31)38(33,34)23-9-7-22(35-4)8-10-23/h7-10,17,19-21,24,26,31H,5-6,11-16,18H2,1-4H3,(H,29,32)/t19?,20?,21-,24?,26+/m0/s1. The van der Waals surface area contributed by atoms with Crippen LogP contribution in [0.2, 0.25) is 0 Å². The van der Waals surface area contributed by atoms with Gasteiger partial charge >= 0.3 is 0 Å². The molecule has 212 valence electrons. The van der Waals surface area contributed by atoms with Crippen molar-refractivity contribution in [3.8, 4) is 5.75 Å². The number of carbonyl (C=O) groups excluding carboxylic acids is 1. The van der Waals surface area contributed by atoms with Crippen molar-refractivity contribution in [3.63, 3.8) is 0 Å². The fourth-order valence-corrected chi connectivity index (χ4v) is 7.24. The summed E-state index contributed by atoms with van der Waals surface area (Å²) in [5, 5.41) is 12.7. The van der Waals surface area contributed by atoms with Crippen LogP contribution in [0, 0.1) is 23.2 Å². The van der Waals surface area contributed by atoms with Crippen molar-refractivity contribution in [3.05, 3.63) is 36.1 Å². The Kier molecular flexibility index (Phi) is 9.07. The van der Waals surface area contributed by atoms with Crippen molar-refractivity contribution in [1.29, 1.82) is 0 Å². The molecule has 0 radical (unpaired) electrons. The molecule has 10 heteroatoms. The summed E-state index contributed by atoms with van der Waals surface area (Å²) in [4.78, 5) is 13.3. The number of nitrogens with zero attached hydrogens (tertiary/aromatic N) is 1. The van der Waals surface area contributed by atoms with Crippen LogP contribution in [0.4, 0.5) is 0 Å². The highest BCUT2D eigenvalue weighted by Crippen LogP contribution is 2.44. The van der Waals surface area contributed by atoms with E-state index in [1.165, 1.54) is 42.8 Å². The number of sulfonamides is 1. The minimum absolute atomic E-state index is 0.0331. The van der Waals surface area contributed by atoms with Crippen LogP contribution in [-0.2, 0) is 24.3 Å². The molecule has 9 nitrogen and oxygen atoms in total. The summed E-state index contributed by atoms with van der Waals surface area (Å²) in [5.41, 5.74) is -0.107. The summed E-state index contributed by atoms with van der Waals surface area (Å²) < 4.78 is 44.7. The van der Waals surface area contributed by atoms with Crippen LogP contribution < -0.4 is 10.1 Å². The third-order valence-electron chi connectivity index (χ3n) is 8.14. The molecule has 5 atom stereocenters. The Balaban J connectivity index is 1.38. The maximum Gasteiger partial charge on any atom is 0.286 e. The Morgan fingerprint density at radius 2 is 1.87 bits per heavy atom. The molecule has 0 saturated heterocycles. The smallest absolute Gasteiger partial charge is 0.286 e. The van der Waals surface area contributed by atoms with E-state index in [4.69, 9.17) is 14.2 Å². The summed E-state index contributed by atoms with van der Waals surface area (Å²) in [6, 6.07) is 6.32. The van der Waals surface area contributed by atoms with E-state index in [-0.39, 0.29) is 60.2 Å². The molecule has 2 saturated carbocycles. The minimum Gasteiger partial charge on any atom is -0.497 e. The lowest BCUT2D eigenvalue weighted by Crippen LogP contribution is -2.42. The van der Waals surface area contributed by atoms with Crippen molar-refractivity contribution in [2.75, 3.05) is 33.4 Å². The molecular weight excluding hydrogens is 508 g/mol. The van der Waals surface area contributed by atoms with Gasteiger partial charge in [0.15, 0.2) is 5.76 Å².